The zero-order valence-electron chi connectivity index (χ0n) is 16.2. The standard InChI is InChI=1S/C18H27N5O5/c1-8-12(7-22-5-4-11(6-22)21-18(19)20-10(3)25)15(17(27)28)23-14(8)13(9(2)24)16(23)26/h8-9,11,13-14,24H,4-7H2,1-3H3,(H,27,28)(H3,19,20,21,25)/t8-,9+,11-,13?,14?/m0/s1. The normalized spacial score (nSPS) is 30.7. The van der Waals surface area contributed by atoms with Crippen molar-refractivity contribution in [3.63, 3.8) is 0 Å². The predicted molar refractivity (Wildman–Crippen MR) is 99.2 cm³/mol. The van der Waals surface area contributed by atoms with Crippen LogP contribution >= 0.6 is 0 Å². The van der Waals surface area contributed by atoms with Gasteiger partial charge in [-0.3, -0.25) is 25.2 Å². The Labute approximate surface area is 163 Å². The first-order valence-corrected chi connectivity index (χ1v) is 9.44. The lowest BCUT2D eigenvalue weighted by Gasteiger charge is -2.46. The number of carbonyl (C=O) groups is 3. The van der Waals surface area contributed by atoms with Gasteiger partial charge in [-0.25, -0.2) is 4.79 Å². The van der Waals surface area contributed by atoms with Gasteiger partial charge < -0.3 is 20.4 Å². The number of likely N-dealkylation sites (tertiary alicyclic amines) is 1. The number of guanidine groups is 1. The minimum absolute atomic E-state index is 0.0196. The molecule has 3 rings (SSSR count). The first kappa shape index (κ1) is 20.3. The molecular weight excluding hydrogens is 366 g/mol. The van der Waals surface area contributed by atoms with E-state index in [1.165, 1.54) is 11.8 Å². The van der Waals surface area contributed by atoms with Crippen molar-refractivity contribution in [3.05, 3.63) is 11.3 Å². The fourth-order valence-electron chi connectivity index (χ4n) is 4.60. The second kappa shape index (κ2) is 7.51. The Hall–Kier alpha value is -2.46. The van der Waals surface area contributed by atoms with Crippen LogP contribution in [0.1, 0.15) is 27.2 Å². The zero-order chi connectivity index (χ0) is 20.7. The Morgan fingerprint density at radius 2 is 2.07 bits per heavy atom. The van der Waals surface area contributed by atoms with Gasteiger partial charge in [0.2, 0.25) is 11.8 Å². The summed E-state index contributed by atoms with van der Waals surface area (Å²) in [5.41, 5.74) is 0.744. The Morgan fingerprint density at radius 3 is 2.64 bits per heavy atom. The van der Waals surface area contributed by atoms with Crippen LogP contribution in [0.25, 0.3) is 0 Å². The van der Waals surface area contributed by atoms with E-state index < -0.39 is 18.0 Å². The van der Waals surface area contributed by atoms with Gasteiger partial charge in [-0.15, -0.1) is 0 Å². The molecule has 5 atom stereocenters. The molecule has 5 N–H and O–H groups in total. The highest BCUT2D eigenvalue weighted by molar-refractivity contribution is 6.00. The number of carbonyl (C=O) groups excluding carboxylic acids is 2. The van der Waals surface area contributed by atoms with Gasteiger partial charge >= 0.3 is 5.97 Å². The molecule has 0 spiro atoms. The van der Waals surface area contributed by atoms with E-state index in [-0.39, 0.29) is 41.5 Å². The largest absolute Gasteiger partial charge is 0.477 e. The maximum atomic E-state index is 12.4. The van der Waals surface area contributed by atoms with Crippen LogP contribution in [0.3, 0.4) is 0 Å². The highest BCUT2D eigenvalue weighted by atomic mass is 16.4. The highest BCUT2D eigenvalue weighted by Crippen LogP contribution is 2.47. The van der Waals surface area contributed by atoms with Gasteiger partial charge in [0.1, 0.15) is 5.70 Å². The maximum Gasteiger partial charge on any atom is 0.352 e. The van der Waals surface area contributed by atoms with Crippen molar-refractivity contribution >= 4 is 23.7 Å². The Morgan fingerprint density at radius 1 is 1.39 bits per heavy atom. The minimum atomic E-state index is -1.12. The minimum Gasteiger partial charge on any atom is -0.477 e. The van der Waals surface area contributed by atoms with Crippen molar-refractivity contribution in [2.45, 2.75) is 45.4 Å². The number of hydrogen-bond acceptors (Lipinski definition) is 6. The molecule has 0 aromatic carbocycles. The number of β-lactam (4-membered cyclic amide) rings is 1. The molecule has 2 amide bonds. The molecule has 3 heterocycles. The molecule has 2 saturated heterocycles. The molecule has 0 saturated carbocycles. The lowest BCUT2D eigenvalue weighted by Crippen LogP contribution is -2.63. The summed E-state index contributed by atoms with van der Waals surface area (Å²) in [7, 11) is 0. The number of aliphatic carboxylic acids is 1. The number of amides is 2. The van der Waals surface area contributed by atoms with Crippen molar-refractivity contribution < 1.29 is 24.6 Å². The fourth-order valence-corrected chi connectivity index (χ4v) is 4.60. The van der Waals surface area contributed by atoms with Crippen LogP contribution in [0.5, 0.6) is 0 Å². The van der Waals surface area contributed by atoms with Gasteiger partial charge in [0.25, 0.3) is 0 Å². The molecular formula is C18H27N5O5. The third-order valence-electron chi connectivity index (χ3n) is 5.83. The number of nitrogens with zero attached hydrogens (tertiary/aromatic N) is 2. The van der Waals surface area contributed by atoms with Crippen LogP contribution in [0.15, 0.2) is 11.3 Å². The summed E-state index contributed by atoms with van der Waals surface area (Å²) in [4.78, 5) is 38.6. The molecule has 0 aromatic heterocycles. The van der Waals surface area contributed by atoms with Gasteiger partial charge in [0, 0.05) is 38.5 Å². The van der Waals surface area contributed by atoms with Crippen LogP contribution in [-0.4, -0.2) is 81.6 Å². The van der Waals surface area contributed by atoms with Crippen LogP contribution < -0.4 is 10.6 Å². The van der Waals surface area contributed by atoms with Gasteiger partial charge in [-0.05, 0) is 18.9 Å². The summed E-state index contributed by atoms with van der Waals surface area (Å²) in [6, 6.07) is -0.327. The van der Waals surface area contributed by atoms with Crippen molar-refractivity contribution in [3.8, 4) is 0 Å². The predicted octanol–water partition coefficient (Wildman–Crippen LogP) is -1.08. The molecule has 0 bridgehead atoms. The highest BCUT2D eigenvalue weighted by Gasteiger charge is 2.59. The molecule has 154 valence electrons. The molecule has 3 aliphatic rings. The number of carboxylic acids is 1. The molecule has 2 fully saturated rings. The molecule has 0 aliphatic carbocycles. The van der Waals surface area contributed by atoms with Crippen molar-refractivity contribution in [1.29, 1.82) is 5.41 Å². The third kappa shape index (κ3) is 3.49. The Bertz CT molecular complexity index is 749. The summed E-state index contributed by atoms with van der Waals surface area (Å²) in [5, 5.41) is 32.6. The van der Waals surface area contributed by atoms with Crippen LogP contribution in [0, 0.1) is 17.2 Å². The van der Waals surface area contributed by atoms with E-state index in [2.05, 4.69) is 15.5 Å². The van der Waals surface area contributed by atoms with Crippen LogP contribution in [-0.2, 0) is 14.4 Å². The quantitative estimate of drug-likeness (QED) is 0.227. The van der Waals surface area contributed by atoms with Gasteiger partial charge in [0.15, 0.2) is 5.96 Å². The molecule has 10 heteroatoms. The molecule has 10 nitrogen and oxygen atoms in total. The summed E-state index contributed by atoms with van der Waals surface area (Å²) in [6.45, 7) is 6.54. The molecule has 3 aliphatic heterocycles. The molecule has 0 aromatic rings. The van der Waals surface area contributed by atoms with E-state index >= 15 is 0 Å². The lowest BCUT2D eigenvalue weighted by molar-refractivity contribution is -0.163. The van der Waals surface area contributed by atoms with Crippen molar-refractivity contribution in [1.82, 2.24) is 20.4 Å². The smallest absolute Gasteiger partial charge is 0.352 e. The summed E-state index contributed by atoms with van der Waals surface area (Å²) < 4.78 is 0. The van der Waals surface area contributed by atoms with Crippen LogP contribution in [0.4, 0.5) is 0 Å². The zero-order valence-corrected chi connectivity index (χ0v) is 16.2. The average molecular weight is 393 g/mol. The topological polar surface area (TPSA) is 146 Å². The van der Waals surface area contributed by atoms with Crippen LogP contribution in [0.2, 0.25) is 0 Å². The number of aliphatic hydroxyl groups excluding tert-OH is 1. The second-order valence-electron chi connectivity index (χ2n) is 7.85. The Balaban J connectivity index is 1.68. The second-order valence-corrected chi connectivity index (χ2v) is 7.85. The number of hydrogen-bond donors (Lipinski definition) is 5. The first-order chi connectivity index (χ1) is 13.1. The van der Waals surface area contributed by atoms with E-state index in [1.54, 1.807) is 6.92 Å². The van der Waals surface area contributed by atoms with Gasteiger partial charge in [-0.2, -0.15) is 0 Å². The van der Waals surface area contributed by atoms with Crippen molar-refractivity contribution in [2.75, 3.05) is 19.6 Å². The van der Waals surface area contributed by atoms with Gasteiger partial charge in [-0.1, -0.05) is 6.92 Å². The van der Waals surface area contributed by atoms with E-state index in [0.717, 1.165) is 6.42 Å². The monoisotopic (exact) mass is 393 g/mol. The fraction of sp³-hybridized carbons (Fsp3) is 0.667. The van der Waals surface area contributed by atoms with Gasteiger partial charge in [0.05, 0.1) is 18.1 Å². The number of fused-ring (bicyclic) bond motifs is 1. The Kier molecular flexibility index (Phi) is 5.44. The van der Waals surface area contributed by atoms with E-state index in [9.17, 15) is 24.6 Å². The number of nitrogens with one attached hydrogen (secondary N) is 3. The summed E-state index contributed by atoms with van der Waals surface area (Å²) in [6.07, 6.45) is -0.0558. The van der Waals surface area contributed by atoms with E-state index in [4.69, 9.17) is 5.41 Å². The molecule has 2 unspecified atom stereocenters. The summed E-state index contributed by atoms with van der Waals surface area (Å²) >= 11 is 0. The number of rotatable bonds is 5. The lowest BCUT2D eigenvalue weighted by atomic mass is 9.77. The SMILES string of the molecule is CC(=O)NC(=N)N[C@H]1CCN(CC2=C(C(=O)O)N3C(=O)C([C@@H](C)O)C3[C@H]2C)C1. The number of aliphatic hydroxyl groups is 1. The molecule has 28 heavy (non-hydrogen) atoms. The average Bonchev–Trinajstić information content (AvgIpc) is 3.08. The summed E-state index contributed by atoms with van der Waals surface area (Å²) in [5.74, 6) is -2.52. The van der Waals surface area contributed by atoms with E-state index in [1.807, 2.05) is 6.92 Å². The van der Waals surface area contributed by atoms with Crippen molar-refractivity contribution in [2.24, 2.45) is 11.8 Å². The third-order valence-corrected chi connectivity index (χ3v) is 5.83. The van der Waals surface area contributed by atoms with E-state index in [0.29, 0.717) is 25.2 Å². The molecule has 0 radical (unpaired) electrons. The number of carboxylic acid groups (broad SMARTS) is 1. The maximum absolute atomic E-state index is 12.4. The first-order valence-electron chi connectivity index (χ1n) is 9.44.